The molecular formula is C25H24F2N2O5. The van der Waals surface area contributed by atoms with Crippen LogP contribution in [0.4, 0.5) is 8.78 Å². The summed E-state index contributed by atoms with van der Waals surface area (Å²) in [6.07, 6.45) is 0. The highest BCUT2D eigenvalue weighted by Crippen LogP contribution is 2.23. The van der Waals surface area contributed by atoms with Crippen LogP contribution in [0.15, 0.2) is 48.5 Å². The highest BCUT2D eigenvalue weighted by Gasteiger charge is 2.19. The van der Waals surface area contributed by atoms with Crippen LogP contribution in [0.25, 0.3) is 5.69 Å². The number of esters is 1. The number of Topliss-reactive ketones (excluding diaryl/α,β-unsaturated/α-hetero) is 1. The van der Waals surface area contributed by atoms with Gasteiger partial charge in [-0.3, -0.25) is 14.4 Å². The molecule has 3 rings (SSSR count). The molecule has 0 saturated carbocycles. The summed E-state index contributed by atoms with van der Waals surface area (Å²) in [6, 6.07) is 11.6. The molecule has 0 saturated heterocycles. The number of ketones is 1. The quantitative estimate of drug-likeness (QED) is 0.378. The Kier molecular flexibility index (Phi) is 7.78. The van der Waals surface area contributed by atoms with Crippen LogP contribution in [-0.4, -0.2) is 42.0 Å². The molecule has 0 unspecified atom stereocenters. The molecule has 0 atom stereocenters. The van der Waals surface area contributed by atoms with E-state index in [1.165, 1.54) is 0 Å². The van der Waals surface area contributed by atoms with Crippen molar-refractivity contribution < 1.29 is 32.6 Å². The third-order valence-electron chi connectivity index (χ3n) is 5.07. The van der Waals surface area contributed by atoms with E-state index in [2.05, 4.69) is 5.32 Å². The lowest BCUT2D eigenvalue weighted by Crippen LogP contribution is -2.32. The molecule has 7 nitrogen and oxygen atoms in total. The number of ether oxygens (including phenoxy) is 2. The number of benzene rings is 2. The van der Waals surface area contributed by atoms with Gasteiger partial charge in [-0.25, -0.2) is 8.78 Å². The average Bonchev–Trinajstić information content (AvgIpc) is 3.10. The zero-order valence-corrected chi connectivity index (χ0v) is 19.0. The standard InChI is InChI=1S/C25H24F2N2O5/c1-4-33-19-8-6-18(7-9-19)29-15(2)11-21(16(29)3)23(30)14-34-24(31)13-28-25(32)20-10-5-17(26)12-22(20)27/h5-12H,4,13-14H2,1-3H3,(H,28,32). The van der Waals surface area contributed by atoms with Crippen LogP contribution >= 0.6 is 0 Å². The van der Waals surface area contributed by atoms with E-state index in [0.717, 1.165) is 29.3 Å². The number of aryl methyl sites for hydroxylation is 1. The summed E-state index contributed by atoms with van der Waals surface area (Å²) in [7, 11) is 0. The van der Waals surface area contributed by atoms with Crippen LogP contribution in [0.2, 0.25) is 0 Å². The van der Waals surface area contributed by atoms with E-state index >= 15 is 0 Å². The fourth-order valence-corrected chi connectivity index (χ4v) is 3.50. The second-order valence-electron chi connectivity index (χ2n) is 7.44. The van der Waals surface area contributed by atoms with Gasteiger partial charge in [0, 0.05) is 28.7 Å². The second kappa shape index (κ2) is 10.7. The summed E-state index contributed by atoms with van der Waals surface area (Å²) in [6.45, 7) is 5.01. The molecule has 2 aromatic carbocycles. The van der Waals surface area contributed by atoms with Gasteiger partial charge in [-0.1, -0.05) is 0 Å². The van der Waals surface area contributed by atoms with Crippen molar-refractivity contribution >= 4 is 17.7 Å². The van der Waals surface area contributed by atoms with Crippen molar-refractivity contribution in [2.24, 2.45) is 0 Å². The fraction of sp³-hybridized carbons (Fsp3) is 0.240. The molecule has 178 valence electrons. The first-order valence-electron chi connectivity index (χ1n) is 10.6. The van der Waals surface area contributed by atoms with E-state index in [0.29, 0.717) is 23.9 Å². The largest absolute Gasteiger partial charge is 0.494 e. The monoisotopic (exact) mass is 470 g/mol. The fourth-order valence-electron chi connectivity index (χ4n) is 3.50. The summed E-state index contributed by atoms with van der Waals surface area (Å²) in [5.74, 6) is -3.32. The van der Waals surface area contributed by atoms with Gasteiger partial charge >= 0.3 is 5.97 Å². The first-order valence-corrected chi connectivity index (χ1v) is 10.6. The van der Waals surface area contributed by atoms with E-state index in [-0.39, 0.29) is 0 Å². The number of carbonyl (C=O) groups is 3. The zero-order valence-electron chi connectivity index (χ0n) is 19.0. The molecule has 0 bridgehead atoms. The summed E-state index contributed by atoms with van der Waals surface area (Å²) in [4.78, 5) is 36.6. The average molecular weight is 470 g/mol. The number of amides is 1. The number of nitrogens with one attached hydrogen (secondary N) is 1. The number of hydrogen-bond acceptors (Lipinski definition) is 5. The minimum Gasteiger partial charge on any atom is -0.494 e. The maximum Gasteiger partial charge on any atom is 0.325 e. The molecule has 0 spiro atoms. The first-order chi connectivity index (χ1) is 16.2. The Labute approximate surface area is 195 Å². The molecule has 3 aromatic rings. The smallest absolute Gasteiger partial charge is 0.325 e. The third kappa shape index (κ3) is 5.67. The number of carbonyl (C=O) groups excluding carboxylic acids is 3. The van der Waals surface area contributed by atoms with Crippen molar-refractivity contribution in [3.8, 4) is 11.4 Å². The van der Waals surface area contributed by atoms with Gasteiger partial charge in [-0.15, -0.1) is 0 Å². The molecule has 1 aromatic heterocycles. The second-order valence-corrected chi connectivity index (χ2v) is 7.44. The molecular weight excluding hydrogens is 446 g/mol. The lowest BCUT2D eigenvalue weighted by Gasteiger charge is -2.11. The van der Waals surface area contributed by atoms with Crippen molar-refractivity contribution in [1.82, 2.24) is 9.88 Å². The van der Waals surface area contributed by atoms with Gasteiger partial charge in [0.1, 0.15) is 23.9 Å². The first kappa shape index (κ1) is 24.6. The molecule has 0 fully saturated rings. The highest BCUT2D eigenvalue weighted by atomic mass is 19.1. The van der Waals surface area contributed by atoms with Gasteiger partial charge in [0.05, 0.1) is 12.2 Å². The topological polar surface area (TPSA) is 86.6 Å². The van der Waals surface area contributed by atoms with Crippen molar-refractivity contribution in [2.75, 3.05) is 19.8 Å². The summed E-state index contributed by atoms with van der Waals surface area (Å²) in [5.41, 5.74) is 2.35. The number of rotatable bonds is 9. The van der Waals surface area contributed by atoms with Crippen LogP contribution in [0.1, 0.15) is 39.0 Å². The van der Waals surface area contributed by atoms with Gasteiger partial charge in [0.15, 0.2) is 6.61 Å². The molecule has 1 amide bonds. The van der Waals surface area contributed by atoms with E-state index in [1.54, 1.807) is 13.0 Å². The third-order valence-corrected chi connectivity index (χ3v) is 5.07. The Balaban J connectivity index is 1.59. The number of hydrogen-bond donors (Lipinski definition) is 1. The Morgan fingerprint density at radius 3 is 2.32 bits per heavy atom. The van der Waals surface area contributed by atoms with Gasteiger partial charge in [-0.2, -0.15) is 0 Å². The van der Waals surface area contributed by atoms with Crippen LogP contribution < -0.4 is 10.1 Å². The van der Waals surface area contributed by atoms with E-state index in [4.69, 9.17) is 9.47 Å². The van der Waals surface area contributed by atoms with Gasteiger partial charge < -0.3 is 19.4 Å². The van der Waals surface area contributed by atoms with Gasteiger partial charge in [0.2, 0.25) is 5.78 Å². The lowest BCUT2D eigenvalue weighted by molar-refractivity contribution is -0.141. The molecule has 1 N–H and O–H groups in total. The van der Waals surface area contributed by atoms with Crippen molar-refractivity contribution in [2.45, 2.75) is 20.8 Å². The lowest BCUT2D eigenvalue weighted by atomic mass is 10.1. The Morgan fingerprint density at radius 1 is 0.971 bits per heavy atom. The summed E-state index contributed by atoms with van der Waals surface area (Å²) < 4.78 is 38.9. The van der Waals surface area contributed by atoms with Gasteiger partial charge in [-0.05, 0) is 63.2 Å². The maximum absolute atomic E-state index is 13.6. The van der Waals surface area contributed by atoms with E-state index < -0.39 is 48.0 Å². The Hall–Kier alpha value is -4.01. The van der Waals surface area contributed by atoms with Crippen LogP contribution in [0, 0.1) is 25.5 Å². The van der Waals surface area contributed by atoms with E-state index in [9.17, 15) is 23.2 Å². The summed E-state index contributed by atoms with van der Waals surface area (Å²) >= 11 is 0. The molecule has 0 radical (unpaired) electrons. The van der Waals surface area contributed by atoms with Crippen molar-refractivity contribution in [1.29, 1.82) is 0 Å². The minimum atomic E-state index is -1.05. The van der Waals surface area contributed by atoms with Crippen LogP contribution in [-0.2, 0) is 9.53 Å². The SMILES string of the molecule is CCOc1ccc(-n2c(C)cc(C(=O)COC(=O)CNC(=O)c3ccc(F)cc3F)c2C)cc1. The molecule has 0 aliphatic rings. The molecule has 9 heteroatoms. The number of nitrogens with zero attached hydrogens (tertiary/aromatic N) is 1. The molecule has 0 aliphatic carbocycles. The van der Waals surface area contributed by atoms with Crippen LogP contribution in [0.3, 0.4) is 0 Å². The molecule has 1 heterocycles. The summed E-state index contributed by atoms with van der Waals surface area (Å²) in [5, 5.41) is 2.18. The van der Waals surface area contributed by atoms with Crippen molar-refractivity contribution in [3.63, 3.8) is 0 Å². The highest BCUT2D eigenvalue weighted by molar-refractivity contribution is 6.00. The predicted octanol–water partition coefficient (Wildman–Crippen LogP) is 3.93. The maximum atomic E-state index is 13.6. The van der Waals surface area contributed by atoms with Gasteiger partial charge in [0.25, 0.3) is 5.91 Å². The minimum absolute atomic E-state index is 0.400. The van der Waals surface area contributed by atoms with Crippen molar-refractivity contribution in [3.05, 3.63) is 82.7 Å². The van der Waals surface area contributed by atoms with Crippen LogP contribution in [0.5, 0.6) is 5.75 Å². The predicted molar refractivity (Wildman–Crippen MR) is 120 cm³/mol. The number of halogens is 2. The van der Waals surface area contributed by atoms with E-state index in [1.807, 2.05) is 42.7 Å². The molecule has 34 heavy (non-hydrogen) atoms. The Bertz CT molecular complexity index is 1220. The molecule has 0 aliphatic heterocycles. The number of aromatic nitrogens is 1. The Morgan fingerprint density at radius 2 is 1.68 bits per heavy atom. The zero-order chi connectivity index (χ0) is 24.8. The normalized spacial score (nSPS) is 10.6.